The van der Waals surface area contributed by atoms with Gasteiger partial charge in [-0.1, -0.05) is 0 Å². The van der Waals surface area contributed by atoms with Crippen LogP contribution in [0.5, 0.6) is 5.75 Å². The van der Waals surface area contributed by atoms with Crippen molar-refractivity contribution in [2.75, 3.05) is 6.61 Å². The van der Waals surface area contributed by atoms with Crippen LogP contribution in [0.25, 0.3) is 0 Å². The van der Waals surface area contributed by atoms with Gasteiger partial charge in [0.05, 0.1) is 18.7 Å². The highest BCUT2D eigenvalue weighted by Gasteiger charge is 2.21. The SMILES string of the molecule is CCOC(=O)Cc1c(C(F)F)[nH]cc(O)c1=O. The maximum Gasteiger partial charge on any atom is 0.310 e. The fraction of sp³-hybridized carbons (Fsp3) is 0.400. The second-order valence-electron chi connectivity index (χ2n) is 3.18. The van der Waals surface area contributed by atoms with Crippen LogP contribution >= 0.6 is 0 Å². The number of rotatable bonds is 4. The molecule has 0 aromatic carbocycles. The fourth-order valence-electron chi connectivity index (χ4n) is 1.30. The number of carbonyl (C=O) groups excluding carboxylic acids is 1. The molecule has 0 atom stereocenters. The zero-order valence-electron chi connectivity index (χ0n) is 9.00. The van der Waals surface area contributed by atoms with E-state index in [1.807, 2.05) is 0 Å². The number of nitrogens with one attached hydrogen (secondary N) is 1. The van der Waals surface area contributed by atoms with Crippen molar-refractivity contribution in [3.8, 4) is 5.75 Å². The summed E-state index contributed by atoms with van der Waals surface area (Å²) in [5, 5.41) is 9.11. The van der Waals surface area contributed by atoms with Gasteiger partial charge in [-0.05, 0) is 6.92 Å². The Morgan fingerprint density at radius 3 is 2.76 bits per heavy atom. The van der Waals surface area contributed by atoms with E-state index in [9.17, 15) is 18.4 Å². The third kappa shape index (κ3) is 3.02. The number of hydrogen-bond acceptors (Lipinski definition) is 4. The maximum atomic E-state index is 12.6. The molecule has 0 amide bonds. The first-order valence-electron chi connectivity index (χ1n) is 4.84. The van der Waals surface area contributed by atoms with Gasteiger partial charge < -0.3 is 14.8 Å². The zero-order valence-corrected chi connectivity index (χ0v) is 9.00. The van der Waals surface area contributed by atoms with E-state index in [1.165, 1.54) is 0 Å². The van der Waals surface area contributed by atoms with E-state index in [4.69, 9.17) is 5.11 Å². The van der Waals surface area contributed by atoms with Crippen molar-refractivity contribution < 1.29 is 23.4 Å². The van der Waals surface area contributed by atoms with Gasteiger partial charge in [0.25, 0.3) is 6.43 Å². The molecule has 0 saturated heterocycles. The lowest BCUT2D eigenvalue weighted by Crippen LogP contribution is -2.19. The van der Waals surface area contributed by atoms with Crippen LogP contribution in [0.1, 0.15) is 24.6 Å². The average Bonchev–Trinajstić information content (AvgIpc) is 2.25. The summed E-state index contributed by atoms with van der Waals surface area (Å²) in [7, 11) is 0. The molecule has 0 spiro atoms. The van der Waals surface area contributed by atoms with Gasteiger partial charge in [-0.3, -0.25) is 9.59 Å². The highest BCUT2D eigenvalue weighted by atomic mass is 19.3. The fourth-order valence-corrected chi connectivity index (χ4v) is 1.30. The summed E-state index contributed by atoms with van der Waals surface area (Å²) < 4.78 is 29.7. The lowest BCUT2D eigenvalue weighted by molar-refractivity contribution is -0.142. The molecule has 1 aromatic heterocycles. The van der Waals surface area contributed by atoms with E-state index in [-0.39, 0.29) is 6.61 Å². The van der Waals surface area contributed by atoms with Gasteiger partial charge in [0.1, 0.15) is 0 Å². The van der Waals surface area contributed by atoms with Crippen LogP contribution in [0.2, 0.25) is 0 Å². The van der Waals surface area contributed by atoms with Gasteiger partial charge in [0, 0.05) is 11.8 Å². The number of alkyl halides is 2. The number of esters is 1. The maximum absolute atomic E-state index is 12.6. The van der Waals surface area contributed by atoms with Gasteiger partial charge >= 0.3 is 5.97 Å². The van der Waals surface area contributed by atoms with Gasteiger partial charge in [-0.15, -0.1) is 0 Å². The molecule has 0 unspecified atom stereocenters. The number of aromatic amines is 1. The number of aromatic hydroxyl groups is 1. The number of H-pyrrole nitrogens is 1. The monoisotopic (exact) mass is 247 g/mol. The van der Waals surface area contributed by atoms with Crippen molar-refractivity contribution in [1.29, 1.82) is 0 Å². The van der Waals surface area contributed by atoms with Crippen LogP contribution < -0.4 is 5.43 Å². The van der Waals surface area contributed by atoms with Crippen molar-refractivity contribution in [2.24, 2.45) is 0 Å². The molecule has 17 heavy (non-hydrogen) atoms. The highest BCUT2D eigenvalue weighted by molar-refractivity contribution is 5.73. The highest BCUT2D eigenvalue weighted by Crippen LogP contribution is 2.20. The van der Waals surface area contributed by atoms with Crippen molar-refractivity contribution in [3.05, 3.63) is 27.7 Å². The number of carbonyl (C=O) groups is 1. The third-order valence-electron chi connectivity index (χ3n) is 2.04. The number of ether oxygens (including phenoxy) is 1. The van der Waals surface area contributed by atoms with Crippen molar-refractivity contribution in [3.63, 3.8) is 0 Å². The number of halogens is 2. The predicted molar refractivity (Wildman–Crippen MR) is 54.0 cm³/mol. The Morgan fingerprint density at radius 1 is 1.59 bits per heavy atom. The number of hydrogen-bond donors (Lipinski definition) is 2. The van der Waals surface area contributed by atoms with Crippen LogP contribution in [0, 0.1) is 0 Å². The summed E-state index contributed by atoms with van der Waals surface area (Å²) in [5.41, 5.74) is -2.15. The summed E-state index contributed by atoms with van der Waals surface area (Å²) in [5.74, 6) is -1.51. The lowest BCUT2D eigenvalue weighted by Gasteiger charge is -2.08. The van der Waals surface area contributed by atoms with E-state index in [1.54, 1.807) is 6.92 Å². The number of pyridine rings is 1. The quantitative estimate of drug-likeness (QED) is 0.781. The Balaban J connectivity index is 3.15. The molecule has 1 rings (SSSR count). The molecule has 0 saturated carbocycles. The molecule has 94 valence electrons. The second kappa shape index (κ2) is 5.42. The van der Waals surface area contributed by atoms with E-state index < -0.39 is 41.3 Å². The van der Waals surface area contributed by atoms with Crippen LogP contribution in [0.3, 0.4) is 0 Å². The van der Waals surface area contributed by atoms with E-state index >= 15 is 0 Å². The molecule has 2 N–H and O–H groups in total. The van der Waals surface area contributed by atoms with Crippen LogP contribution in [0.4, 0.5) is 8.78 Å². The second-order valence-corrected chi connectivity index (χ2v) is 3.18. The van der Waals surface area contributed by atoms with E-state index in [0.717, 1.165) is 6.20 Å². The number of aromatic nitrogens is 1. The molecule has 0 radical (unpaired) electrons. The molecule has 0 aliphatic rings. The molecular formula is C10H11F2NO4. The first kappa shape index (κ1) is 13.1. The van der Waals surface area contributed by atoms with E-state index in [0.29, 0.717) is 0 Å². The molecule has 0 bridgehead atoms. The van der Waals surface area contributed by atoms with Gasteiger partial charge in [0.15, 0.2) is 5.75 Å². The third-order valence-corrected chi connectivity index (χ3v) is 2.04. The Morgan fingerprint density at radius 2 is 2.24 bits per heavy atom. The van der Waals surface area contributed by atoms with Crippen LogP contribution in [0.15, 0.2) is 11.0 Å². The Labute approximate surface area is 95.0 Å². The Hall–Kier alpha value is -1.92. The lowest BCUT2D eigenvalue weighted by atomic mass is 10.1. The Bertz CT molecular complexity index is 470. The molecule has 0 fully saturated rings. The summed E-state index contributed by atoms with van der Waals surface area (Å²) >= 11 is 0. The summed E-state index contributed by atoms with van der Waals surface area (Å²) in [6.07, 6.45) is -2.77. The average molecular weight is 247 g/mol. The van der Waals surface area contributed by atoms with Gasteiger partial charge in [-0.25, -0.2) is 8.78 Å². The van der Waals surface area contributed by atoms with Crippen LogP contribution in [-0.4, -0.2) is 22.7 Å². The summed E-state index contributed by atoms with van der Waals surface area (Å²) in [6.45, 7) is 1.64. The molecule has 0 aliphatic carbocycles. The normalized spacial score (nSPS) is 10.6. The largest absolute Gasteiger partial charge is 0.503 e. The molecule has 1 heterocycles. The molecule has 7 heteroatoms. The minimum atomic E-state index is -2.94. The van der Waals surface area contributed by atoms with Crippen LogP contribution in [-0.2, 0) is 16.0 Å². The predicted octanol–water partition coefficient (Wildman–Crippen LogP) is 1.12. The van der Waals surface area contributed by atoms with E-state index in [2.05, 4.69) is 9.72 Å². The topological polar surface area (TPSA) is 79.4 Å². The zero-order chi connectivity index (χ0) is 13.0. The van der Waals surface area contributed by atoms with Crippen molar-refractivity contribution >= 4 is 5.97 Å². The summed E-state index contributed by atoms with van der Waals surface area (Å²) in [4.78, 5) is 24.7. The van der Waals surface area contributed by atoms with Gasteiger partial charge in [-0.2, -0.15) is 0 Å². The first-order valence-corrected chi connectivity index (χ1v) is 4.84. The molecular weight excluding hydrogens is 236 g/mol. The van der Waals surface area contributed by atoms with Gasteiger partial charge in [0.2, 0.25) is 5.43 Å². The minimum absolute atomic E-state index is 0.0829. The Kier molecular flexibility index (Phi) is 4.19. The first-order chi connectivity index (χ1) is 7.97. The van der Waals surface area contributed by atoms with Crippen molar-refractivity contribution in [2.45, 2.75) is 19.8 Å². The standard InChI is InChI=1S/C10H11F2NO4/c1-2-17-7(15)3-5-8(10(11)12)13-4-6(14)9(5)16/h4,10,14H,2-3H2,1H3,(H,13,16). The molecule has 5 nitrogen and oxygen atoms in total. The molecule has 0 aliphatic heterocycles. The molecule has 1 aromatic rings. The smallest absolute Gasteiger partial charge is 0.310 e. The summed E-state index contributed by atoms with van der Waals surface area (Å²) in [6, 6.07) is 0. The minimum Gasteiger partial charge on any atom is -0.503 e. The van der Waals surface area contributed by atoms with Crippen molar-refractivity contribution in [1.82, 2.24) is 4.98 Å².